The third-order valence-corrected chi connectivity index (χ3v) is 7.07. The number of ether oxygens (including phenoxy) is 1. The maximum absolute atomic E-state index is 12.5. The van der Waals surface area contributed by atoms with Crippen LogP contribution < -0.4 is 10.1 Å². The lowest BCUT2D eigenvalue weighted by molar-refractivity contribution is -0.138. The molecular formula is C26H31N3O5S. The van der Waals surface area contributed by atoms with Crippen LogP contribution in [0.15, 0.2) is 52.9 Å². The monoisotopic (exact) mass is 497 g/mol. The summed E-state index contributed by atoms with van der Waals surface area (Å²) >= 11 is 1.48. The lowest BCUT2D eigenvalue weighted by atomic mass is 9.89. The van der Waals surface area contributed by atoms with Crippen molar-refractivity contribution in [2.24, 2.45) is 5.92 Å². The zero-order valence-corrected chi connectivity index (χ0v) is 20.6. The topological polar surface area (TPSA) is 105 Å². The fourth-order valence-corrected chi connectivity index (χ4v) is 4.95. The quantitative estimate of drug-likeness (QED) is 0.282. The third-order valence-electron chi connectivity index (χ3n) is 6.15. The number of aromatic nitrogens is 1. The van der Waals surface area contributed by atoms with Crippen LogP contribution in [0.2, 0.25) is 0 Å². The number of benzene rings is 2. The number of carboxylic acid groups (broad SMARTS) is 1. The van der Waals surface area contributed by atoms with Gasteiger partial charge in [0.15, 0.2) is 5.58 Å². The summed E-state index contributed by atoms with van der Waals surface area (Å²) in [7, 11) is 1.84. The molecule has 1 saturated carbocycles. The summed E-state index contributed by atoms with van der Waals surface area (Å²) in [6, 6.07) is 13.9. The van der Waals surface area contributed by atoms with Crippen molar-refractivity contribution in [2.45, 2.75) is 44.6 Å². The molecule has 4 rings (SSSR count). The van der Waals surface area contributed by atoms with Crippen LogP contribution in [0.3, 0.4) is 0 Å². The lowest BCUT2D eigenvalue weighted by Crippen LogP contribution is -2.31. The molecular weight excluding hydrogens is 466 g/mol. The molecule has 0 radical (unpaired) electrons. The molecule has 2 aromatic carbocycles. The molecule has 1 heterocycles. The molecule has 0 aliphatic heterocycles. The summed E-state index contributed by atoms with van der Waals surface area (Å²) in [4.78, 5) is 28.6. The summed E-state index contributed by atoms with van der Waals surface area (Å²) in [6.45, 7) is 0.476. The van der Waals surface area contributed by atoms with Crippen LogP contribution in [-0.2, 0) is 16.0 Å². The van der Waals surface area contributed by atoms with Crippen molar-refractivity contribution in [3.8, 4) is 5.75 Å². The number of hydrogen-bond donors (Lipinski definition) is 2. The molecule has 186 valence electrons. The molecule has 2 N–H and O–H groups in total. The van der Waals surface area contributed by atoms with Crippen molar-refractivity contribution < 1.29 is 23.8 Å². The number of amides is 1. The van der Waals surface area contributed by atoms with E-state index in [2.05, 4.69) is 10.3 Å². The second-order valence-corrected chi connectivity index (χ2v) is 9.94. The Kier molecular flexibility index (Phi) is 8.52. The molecule has 9 heteroatoms. The highest BCUT2D eigenvalue weighted by molar-refractivity contribution is 7.97. The number of rotatable bonds is 11. The van der Waals surface area contributed by atoms with Crippen LogP contribution in [0.1, 0.15) is 37.7 Å². The maximum atomic E-state index is 12.5. The molecule has 3 aromatic rings. The Morgan fingerprint density at radius 2 is 1.91 bits per heavy atom. The van der Waals surface area contributed by atoms with Gasteiger partial charge in [-0.15, -0.1) is 0 Å². The SMILES string of the molecule is CN(SCCOc1ccc(C[C@H](Nc2nc3ccccc3o2)C(=O)O)cc1)C(=O)C1CCCCC1. The summed E-state index contributed by atoms with van der Waals surface area (Å²) < 4.78 is 13.1. The minimum Gasteiger partial charge on any atom is -0.493 e. The maximum Gasteiger partial charge on any atom is 0.326 e. The van der Waals surface area contributed by atoms with Gasteiger partial charge in [-0.25, -0.2) is 4.79 Å². The lowest BCUT2D eigenvalue weighted by Gasteiger charge is -2.25. The number of anilines is 1. The summed E-state index contributed by atoms with van der Waals surface area (Å²) in [5, 5.41) is 12.5. The molecule has 1 aromatic heterocycles. The first kappa shape index (κ1) is 24.9. The van der Waals surface area contributed by atoms with E-state index in [9.17, 15) is 14.7 Å². The molecule has 0 saturated heterocycles. The zero-order valence-electron chi connectivity index (χ0n) is 19.8. The molecule has 1 amide bonds. The number of para-hydroxylation sites is 2. The molecule has 1 aliphatic rings. The van der Waals surface area contributed by atoms with Gasteiger partial charge in [-0.2, -0.15) is 4.98 Å². The van der Waals surface area contributed by atoms with Gasteiger partial charge in [0.1, 0.15) is 17.3 Å². The van der Waals surface area contributed by atoms with E-state index in [0.29, 0.717) is 29.2 Å². The molecule has 8 nitrogen and oxygen atoms in total. The molecule has 35 heavy (non-hydrogen) atoms. The van der Waals surface area contributed by atoms with Gasteiger partial charge in [0, 0.05) is 25.1 Å². The van der Waals surface area contributed by atoms with Gasteiger partial charge in [-0.05, 0) is 54.6 Å². The van der Waals surface area contributed by atoms with E-state index in [1.807, 2.05) is 49.5 Å². The van der Waals surface area contributed by atoms with Crippen molar-refractivity contribution in [2.75, 3.05) is 24.7 Å². The van der Waals surface area contributed by atoms with Gasteiger partial charge in [0.05, 0.1) is 6.61 Å². The number of hydrogen-bond acceptors (Lipinski definition) is 7. The Morgan fingerprint density at radius 3 is 2.63 bits per heavy atom. The zero-order chi connectivity index (χ0) is 24.6. The minimum absolute atomic E-state index is 0.168. The number of aliphatic carboxylic acids is 1. The van der Waals surface area contributed by atoms with Crippen LogP contribution in [-0.4, -0.2) is 51.7 Å². The highest BCUT2D eigenvalue weighted by atomic mass is 32.2. The van der Waals surface area contributed by atoms with Gasteiger partial charge in [-0.1, -0.05) is 43.5 Å². The number of fused-ring (bicyclic) bond motifs is 1. The first-order valence-corrected chi connectivity index (χ1v) is 12.9. The van der Waals surface area contributed by atoms with E-state index >= 15 is 0 Å². The van der Waals surface area contributed by atoms with Crippen LogP contribution in [0.4, 0.5) is 6.01 Å². The Labute approximate surface area is 209 Å². The van der Waals surface area contributed by atoms with E-state index in [4.69, 9.17) is 9.15 Å². The van der Waals surface area contributed by atoms with E-state index in [0.717, 1.165) is 31.2 Å². The van der Waals surface area contributed by atoms with Gasteiger partial charge in [0.25, 0.3) is 6.01 Å². The first-order chi connectivity index (χ1) is 17.0. The van der Waals surface area contributed by atoms with Crippen molar-refractivity contribution in [3.63, 3.8) is 0 Å². The fraction of sp³-hybridized carbons (Fsp3) is 0.423. The van der Waals surface area contributed by atoms with Crippen molar-refractivity contribution in [1.82, 2.24) is 9.29 Å². The number of carbonyl (C=O) groups excluding carboxylic acids is 1. The third kappa shape index (κ3) is 6.91. The molecule has 1 atom stereocenters. The molecule has 0 spiro atoms. The van der Waals surface area contributed by atoms with Crippen LogP contribution in [0.25, 0.3) is 11.1 Å². The first-order valence-electron chi connectivity index (χ1n) is 12.0. The summed E-state index contributed by atoms with van der Waals surface area (Å²) in [5.41, 5.74) is 2.12. The largest absolute Gasteiger partial charge is 0.493 e. The van der Waals surface area contributed by atoms with E-state index in [1.54, 1.807) is 10.4 Å². The number of carbonyl (C=O) groups is 2. The molecule has 0 bridgehead atoms. The van der Waals surface area contributed by atoms with Gasteiger partial charge in [0.2, 0.25) is 5.91 Å². The van der Waals surface area contributed by atoms with Gasteiger partial charge in [-0.3, -0.25) is 9.10 Å². The van der Waals surface area contributed by atoms with Gasteiger partial charge < -0.3 is 19.6 Å². The van der Waals surface area contributed by atoms with E-state index in [-0.39, 0.29) is 24.3 Å². The summed E-state index contributed by atoms with van der Waals surface area (Å²) in [6.07, 6.45) is 5.79. The minimum atomic E-state index is -0.989. The summed E-state index contributed by atoms with van der Waals surface area (Å²) in [5.74, 6) is 0.775. The second-order valence-electron chi connectivity index (χ2n) is 8.72. The van der Waals surface area contributed by atoms with E-state index < -0.39 is 12.0 Å². The van der Waals surface area contributed by atoms with Crippen molar-refractivity contribution in [3.05, 3.63) is 54.1 Å². The number of nitrogens with zero attached hydrogens (tertiary/aromatic N) is 2. The van der Waals surface area contributed by atoms with Crippen LogP contribution in [0, 0.1) is 5.92 Å². The average molecular weight is 498 g/mol. The van der Waals surface area contributed by atoms with Gasteiger partial charge >= 0.3 is 5.97 Å². The highest BCUT2D eigenvalue weighted by Gasteiger charge is 2.24. The standard InChI is InChI=1S/C26H31N3O5S/c1-29(24(30)19-7-3-2-4-8-19)35-16-15-33-20-13-11-18(12-14-20)17-22(25(31)32)28-26-27-21-9-5-6-10-23(21)34-26/h5-6,9-14,19,22H,2-4,7-8,15-17H2,1H3,(H,27,28)(H,31,32)/t22-/m0/s1. The smallest absolute Gasteiger partial charge is 0.326 e. The molecule has 1 aliphatic carbocycles. The fourth-order valence-electron chi connectivity index (χ4n) is 4.24. The average Bonchev–Trinajstić information content (AvgIpc) is 3.29. The van der Waals surface area contributed by atoms with Crippen LogP contribution >= 0.6 is 11.9 Å². The Morgan fingerprint density at radius 1 is 1.17 bits per heavy atom. The Balaban J connectivity index is 1.23. The number of oxazole rings is 1. The second kappa shape index (κ2) is 12.0. The molecule has 1 fully saturated rings. The van der Waals surface area contributed by atoms with Crippen molar-refractivity contribution >= 4 is 40.9 Å². The Bertz CT molecular complexity index is 1090. The number of nitrogens with one attached hydrogen (secondary N) is 1. The predicted molar refractivity (Wildman–Crippen MR) is 136 cm³/mol. The molecule has 0 unspecified atom stereocenters. The normalized spacial score (nSPS) is 15.0. The van der Waals surface area contributed by atoms with E-state index in [1.165, 1.54) is 18.4 Å². The number of carboxylic acids is 1. The predicted octanol–water partition coefficient (Wildman–Crippen LogP) is 5.00. The van der Waals surface area contributed by atoms with Crippen molar-refractivity contribution in [1.29, 1.82) is 0 Å². The highest BCUT2D eigenvalue weighted by Crippen LogP contribution is 2.27. The van der Waals surface area contributed by atoms with Crippen LogP contribution in [0.5, 0.6) is 5.75 Å². The Hall–Kier alpha value is -3.20.